The van der Waals surface area contributed by atoms with Crippen molar-refractivity contribution in [2.45, 2.75) is 0 Å². The van der Waals surface area contributed by atoms with E-state index < -0.39 is 11.8 Å². The Morgan fingerprint density at radius 1 is 1.21 bits per heavy atom. The van der Waals surface area contributed by atoms with Crippen LogP contribution in [0.2, 0.25) is 0 Å². The number of benzene rings is 2. The molecule has 2 aromatic carbocycles. The summed E-state index contributed by atoms with van der Waals surface area (Å²) in [6.45, 7) is 0. The van der Waals surface area contributed by atoms with E-state index in [-0.39, 0.29) is 16.9 Å². The number of hydrogen-bond donors (Lipinski definition) is 2. The van der Waals surface area contributed by atoms with Crippen LogP contribution in [0.1, 0.15) is 10.4 Å². The van der Waals surface area contributed by atoms with Gasteiger partial charge in [-0.2, -0.15) is 0 Å². The van der Waals surface area contributed by atoms with Crippen LogP contribution in [0.25, 0.3) is 0 Å². The smallest absolute Gasteiger partial charge is 0.343 e. The molecule has 0 aliphatic rings. The van der Waals surface area contributed by atoms with Crippen LogP contribution < -0.4 is 11.1 Å². The topological polar surface area (TPSA) is 64.3 Å². The standard InChI is InChI=1S/C14H13FN2O2/c1-19-14(18)12-10(15)7-8-11(16)13(12)17-9-5-3-2-4-6-9/h2-8,17H,16H2,1H3. The molecular formula is C14H13FN2O2. The van der Waals surface area contributed by atoms with Crippen molar-refractivity contribution in [1.82, 2.24) is 0 Å². The molecule has 19 heavy (non-hydrogen) atoms. The monoisotopic (exact) mass is 260 g/mol. The van der Waals surface area contributed by atoms with Crippen molar-refractivity contribution >= 4 is 23.0 Å². The van der Waals surface area contributed by atoms with Gasteiger partial charge in [-0.05, 0) is 24.3 Å². The van der Waals surface area contributed by atoms with Crippen molar-refractivity contribution in [2.24, 2.45) is 0 Å². The maximum absolute atomic E-state index is 13.8. The summed E-state index contributed by atoms with van der Waals surface area (Å²) >= 11 is 0. The fourth-order valence-electron chi connectivity index (χ4n) is 1.70. The highest BCUT2D eigenvalue weighted by atomic mass is 19.1. The fraction of sp³-hybridized carbons (Fsp3) is 0.0714. The molecule has 0 saturated carbocycles. The summed E-state index contributed by atoms with van der Waals surface area (Å²) in [7, 11) is 1.19. The highest BCUT2D eigenvalue weighted by molar-refractivity contribution is 6.00. The Bertz CT molecular complexity index is 600. The average Bonchev–Trinajstić information content (AvgIpc) is 2.43. The zero-order valence-electron chi connectivity index (χ0n) is 10.3. The van der Waals surface area contributed by atoms with E-state index in [2.05, 4.69) is 10.1 Å². The molecule has 3 N–H and O–H groups in total. The predicted octanol–water partition coefficient (Wildman–Crippen LogP) is 2.94. The van der Waals surface area contributed by atoms with Crippen molar-refractivity contribution in [3.63, 3.8) is 0 Å². The van der Waals surface area contributed by atoms with Gasteiger partial charge in [-0.15, -0.1) is 0 Å². The van der Waals surface area contributed by atoms with Gasteiger partial charge in [0.25, 0.3) is 0 Å². The molecule has 2 aromatic rings. The number of halogens is 1. The maximum Gasteiger partial charge on any atom is 0.343 e. The van der Waals surface area contributed by atoms with Gasteiger partial charge in [0.05, 0.1) is 18.5 Å². The van der Waals surface area contributed by atoms with Gasteiger partial charge in [0.15, 0.2) is 0 Å². The number of para-hydroxylation sites is 1. The van der Waals surface area contributed by atoms with Crippen molar-refractivity contribution in [3.05, 3.63) is 53.8 Å². The largest absolute Gasteiger partial charge is 0.465 e. The molecule has 0 radical (unpaired) electrons. The average molecular weight is 260 g/mol. The van der Waals surface area contributed by atoms with E-state index >= 15 is 0 Å². The summed E-state index contributed by atoms with van der Waals surface area (Å²) < 4.78 is 18.3. The SMILES string of the molecule is COC(=O)c1c(F)ccc(N)c1Nc1ccccc1. The van der Waals surface area contributed by atoms with Gasteiger partial charge in [-0.25, -0.2) is 9.18 Å². The van der Waals surface area contributed by atoms with E-state index in [0.29, 0.717) is 5.69 Å². The number of nitrogen functional groups attached to an aromatic ring is 1. The molecule has 0 aliphatic carbocycles. The zero-order chi connectivity index (χ0) is 13.8. The number of nitrogens with one attached hydrogen (secondary N) is 1. The van der Waals surface area contributed by atoms with Gasteiger partial charge in [0.2, 0.25) is 0 Å². The second-order valence-corrected chi connectivity index (χ2v) is 3.87. The number of ether oxygens (including phenoxy) is 1. The van der Waals surface area contributed by atoms with Crippen LogP contribution in [0.5, 0.6) is 0 Å². The van der Waals surface area contributed by atoms with Gasteiger partial charge < -0.3 is 15.8 Å². The number of nitrogens with two attached hydrogens (primary N) is 1. The molecular weight excluding hydrogens is 247 g/mol. The minimum atomic E-state index is -0.775. The van der Waals surface area contributed by atoms with Crippen LogP contribution in [-0.4, -0.2) is 13.1 Å². The highest BCUT2D eigenvalue weighted by Crippen LogP contribution is 2.29. The normalized spacial score (nSPS) is 10.0. The van der Waals surface area contributed by atoms with Gasteiger partial charge in [-0.1, -0.05) is 18.2 Å². The van der Waals surface area contributed by atoms with Crippen molar-refractivity contribution in [2.75, 3.05) is 18.2 Å². The van der Waals surface area contributed by atoms with Crippen LogP contribution in [0.15, 0.2) is 42.5 Å². The first kappa shape index (κ1) is 12.9. The number of carbonyl (C=O) groups is 1. The van der Waals surface area contributed by atoms with Gasteiger partial charge in [0.1, 0.15) is 11.4 Å². The number of esters is 1. The molecule has 0 bridgehead atoms. The molecule has 0 unspecified atom stereocenters. The highest BCUT2D eigenvalue weighted by Gasteiger charge is 2.20. The molecule has 0 aliphatic heterocycles. The second-order valence-electron chi connectivity index (χ2n) is 3.87. The predicted molar refractivity (Wildman–Crippen MR) is 71.9 cm³/mol. The van der Waals surface area contributed by atoms with Crippen LogP contribution in [0.3, 0.4) is 0 Å². The van der Waals surface area contributed by atoms with Crippen LogP contribution in [-0.2, 0) is 4.74 Å². The van der Waals surface area contributed by atoms with Crippen molar-refractivity contribution in [1.29, 1.82) is 0 Å². The minimum absolute atomic E-state index is 0.202. The van der Waals surface area contributed by atoms with E-state index in [1.54, 1.807) is 12.1 Å². The molecule has 0 saturated heterocycles. The summed E-state index contributed by atoms with van der Waals surface area (Å²) in [6.07, 6.45) is 0. The quantitative estimate of drug-likeness (QED) is 0.658. The lowest BCUT2D eigenvalue weighted by molar-refractivity contribution is 0.0597. The first-order valence-corrected chi connectivity index (χ1v) is 5.62. The van der Waals surface area contributed by atoms with Crippen LogP contribution >= 0.6 is 0 Å². The summed E-state index contributed by atoms with van der Waals surface area (Å²) in [5.74, 6) is -1.46. The number of hydrogen-bond acceptors (Lipinski definition) is 4. The summed E-state index contributed by atoms with van der Waals surface area (Å²) in [6, 6.07) is 11.6. The first-order valence-electron chi connectivity index (χ1n) is 5.62. The van der Waals surface area contributed by atoms with E-state index in [0.717, 1.165) is 6.07 Å². The van der Waals surface area contributed by atoms with Crippen LogP contribution in [0, 0.1) is 5.82 Å². The van der Waals surface area contributed by atoms with Crippen molar-refractivity contribution in [3.8, 4) is 0 Å². The number of rotatable bonds is 3. The Hall–Kier alpha value is -2.56. The van der Waals surface area contributed by atoms with E-state index in [4.69, 9.17) is 5.73 Å². The molecule has 0 spiro atoms. The molecule has 0 heterocycles. The molecule has 0 fully saturated rings. The molecule has 0 amide bonds. The molecule has 2 rings (SSSR count). The molecule has 98 valence electrons. The molecule has 5 heteroatoms. The third-order valence-electron chi connectivity index (χ3n) is 2.62. The maximum atomic E-state index is 13.8. The molecule has 4 nitrogen and oxygen atoms in total. The number of methoxy groups -OCH3 is 1. The minimum Gasteiger partial charge on any atom is -0.465 e. The Kier molecular flexibility index (Phi) is 3.66. The van der Waals surface area contributed by atoms with Gasteiger partial charge in [0, 0.05) is 5.69 Å². The van der Waals surface area contributed by atoms with E-state index in [9.17, 15) is 9.18 Å². The lowest BCUT2D eigenvalue weighted by Crippen LogP contribution is -2.10. The van der Waals surface area contributed by atoms with E-state index in [1.165, 1.54) is 13.2 Å². The Morgan fingerprint density at radius 3 is 2.53 bits per heavy atom. The lowest BCUT2D eigenvalue weighted by Gasteiger charge is -2.14. The lowest BCUT2D eigenvalue weighted by atomic mass is 10.1. The third-order valence-corrected chi connectivity index (χ3v) is 2.62. The summed E-state index contributed by atoms with van der Waals surface area (Å²) in [5, 5.41) is 2.93. The molecule has 0 aromatic heterocycles. The van der Waals surface area contributed by atoms with Crippen molar-refractivity contribution < 1.29 is 13.9 Å². The number of carbonyl (C=O) groups excluding carboxylic acids is 1. The summed E-state index contributed by atoms with van der Waals surface area (Å²) in [4.78, 5) is 11.6. The van der Waals surface area contributed by atoms with Gasteiger partial charge >= 0.3 is 5.97 Å². The number of anilines is 3. The molecule has 0 atom stereocenters. The van der Waals surface area contributed by atoms with Gasteiger partial charge in [-0.3, -0.25) is 0 Å². The zero-order valence-corrected chi connectivity index (χ0v) is 10.3. The Morgan fingerprint density at radius 2 is 1.89 bits per heavy atom. The van der Waals surface area contributed by atoms with Crippen LogP contribution in [0.4, 0.5) is 21.5 Å². The first-order chi connectivity index (χ1) is 9.13. The fourth-order valence-corrected chi connectivity index (χ4v) is 1.70. The Labute approximate surface area is 110 Å². The van der Waals surface area contributed by atoms with E-state index in [1.807, 2.05) is 18.2 Å². The summed E-state index contributed by atoms with van der Waals surface area (Å²) in [5.41, 5.74) is 6.77. The third kappa shape index (κ3) is 2.65. The second kappa shape index (κ2) is 5.39. The Balaban J connectivity index is 2.49.